The molecule has 1 heterocycles. The highest BCUT2D eigenvalue weighted by molar-refractivity contribution is 5.96. The molecule has 0 bridgehead atoms. The first-order valence-corrected chi connectivity index (χ1v) is 38.4. The van der Waals surface area contributed by atoms with Crippen LogP contribution in [0.15, 0.2) is 24.3 Å². The van der Waals surface area contributed by atoms with Gasteiger partial charge in [0.25, 0.3) is 0 Å². The molecule has 3 rings (SSSR count). The van der Waals surface area contributed by atoms with Gasteiger partial charge in [-0.05, 0) is 127 Å². The number of benzene rings is 1. The van der Waals surface area contributed by atoms with Gasteiger partial charge >= 0.3 is 5.97 Å². The molecule has 1 aromatic carbocycles. The standard InChI is InChI=1S/C76H129N9O17/c1-5-6-28-63(81-53-69(91)76(3,4)84-75(98)65(83-57(2)86)50-58-35-39-61(87)40-36-58)67(89)52-80-64(68(90)54-85-43-25-30-66(85)73(77)96)29-23-24-41-78-71(93)56-102-49-46-99-44-26-27-62(88)55-101-48-47-100-45-42-79-74(97)60-37-33-59(34-38-60)51-82-70(92)31-21-19-17-15-13-11-9-7-8-10-12-14-16-18-20-22-32-72(94)95/h35-36,39-40,59-60,63-66,80-81,87H,5-34,37-38,41-56H2,1-4H3,(H2,77,96)(H,78,93)(H,79,97)(H,82,92)(H,83,86)(H,84,98)(H,94,95)/t59?,60?,63-,64-,65-,66-/m0/s1. The number of Topliss-reactive ketones (excluding diaryl/α,β-unsaturated/α-hetero) is 4. The Balaban J connectivity index is 1.19. The molecule has 1 aliphatic heterocycles. The molecule has 26 heteroatoms. The summed E-state index contributed by atoms with van der Waals surface area (Å²) in [5.74, 6) is -2.96. The van der Waals surface area contributed by atoms with Gasteiger partial charge in [-0.15, -0.1) is 0 Å². The summed E-state index contributed by atoms with van der Waals surface area (Å²) in [6.45, 7) is 9.08. The van der Waals surface area contributed by atoms with E-state index in [4.69, 9.17) is 29.8 Å². The van der Waals surface area contributed by atoms with Crippen LogP contribution in [0.3, 0.4) is 0 Å². The molecule has 102 heavy (non-hydrogen) atoms. The second-order valence-electron chi connectivity index (χ2n) is 28.3. The number of ether oxygens (including phenoxy) is 4. The maximum atomic E-state index is 13.9. The van der Waals surface area contributed by atoms with Gasteiger partial charge in [0.05, 0.1) is 76.3 Å². The van der Waals surface area contributed by atoms with E-state index in [2.05, 4.69) is 37.2 Å². The van der Waals surface area contributed by atoms with Gasteiger partial charge in [-0.2, -0.15) is 0 Å². The molecule has 26 nitrogen and oxygen atoms in total. The van der Waals surface area contributed by atoms with Crippen molar-refractivity contribution in [3.63, 3.8) is 0 Å². The predicted octanol–water partition coefficient (Wildman–Crippen LogP) is 6.95. The number of unbranched alkanes of at least 4 members (excludes halogenated alkanes) is 17. The number of nitrogens with zero attached hydrogens (tertiary/aromatic N) is 1. The Morgan fingerprint density at radius 3 is 1.75 bits per heavy atom. The van der Waals surface area contributed by atoms with Crippen molar-refractivity contribution < 1.29 is 81.9 Å². The van der Waals surface area contributed by atoms with Gasteiger partial charge in [0, 0.05) is 64.8 Å². The second-order valence-corrected chi connectivity index (χ2v) is 28.3. The Labute approximate surface area is 607 Å². The molecule has 11 N–H and O–H groups in total. The average molecular weight is 1440 g/mol. The van der Waals surface area contributed by atoms with Crippen LogP contribution in [0.4, 0.5) is 0 Å². The van der Waals surface area contributed by atoms with Crippen molar-refractivity contribution in [1.29, 1.82) is 0 Å². The van der Waals surface area contributed by atoms with Gasteiger partial charge in [0.2, 0.25) is 35.4 Å². The Morgan fingerprint density at radius 2 is 1.15 bits per heavy atom. The third-order valence-corrected chi connectivity index (χ3v) is 19.0. The number of aliphatic carboxylic acids is 1. The van der Waals surface area contributed by atoms with Crippen molar-refractivity contribution >= 4 is 64.5 Å². The molecule has 4 atom stereocenters. The van der Waals surface area contributed by atoms with Gasteiger partial charge < -0.3 is 72.1 Å². The number of hydrogen-bond donors (Lipinski definition) is 10. The number of amides is 6. The zero-order valence-electron chi connectivity index (χ0n) is 62.3. The van der Waals surface area contributed by atoms with Gasteiger partial charge in [-0.3, -0.25) is 57.6 Å². The summed E-state index contributed by atoms with van der Waals surface area (Å²) in [7, 11) is 0. The molecule has 0 aromatic heterocycles. The summed E-state index contributed by atoms with van der Waals surface area (Å²) in [6.07, 6.45) is 28.6. The lowest BCUT2D eigenvalue weighted by Crippen LogP contribution is -2.59. The number of carboxylic acids is 1. The van der Waals surface area contributed by atoms with Gasteiger partial charge in [-0.25, -0.2) is 0 Å². The summed E-state index contributed by atoms with van der Waals surface area (Å²) in [6, 6.07) is 3.10. The molecular formula is C76H129N9O17. The highest BCUT2D eigenvalue weighted by atomic mass is 16.5. The minimum absolute atomic E-state index is 0.0322. The number of nitrogens with one attached hydrogen (secondary N) is 7. The maximum absolute atomic E-state index is 13.9. The molecule has 1 saturated carbocycles. The van der Waals surface area contributed by atoms with Crippen molar-refractivity contribution in [2.75, 3.05) is 98.7 Å². The first kappa shape index (κ1) is 89.9. The fourth-order valence-corrected chi connectivity index (χ4v) is 12.8. The average Bonchev–Trinajstić information content (AvgIpc) is 1.11. The van der Waals surface area contributed by atoms with Crippen LogP contribution in [0, 0.1) is 11.8 Å². The molecule has 0 radical (unpaired) electrons. The molecule has 1 aromatic rings. The van der Waals surface area contributed by atoms with Crippen LogP contribution in [0.1, 0.15) is 239 Å². The summed E-state index contributed by atoms with van der Waals surface area (Å²) in [5, 5.41) is 38.9. The van der Waals surface area contributed by atoms with Crippen molar-refractivity contribution in [3.8, 4) is 5.75 Å². The van der Waals surface area contributed by atoms with Crippen LogP contribution in [0.25, 0.3) is 0 Å². The topological polar surface area (TPSA) is 379 Å². The van der Waals surface area contributed by atoms with E-state index in [1.54, 1.807) is 30.9 Å². The van der Waals surface area contributed by atoms with Crippen LogP contribution in [0.2, 0.25) is 0 Å². The van der Waals surface area contributed by atoms with E-state index in [0.717, 1.165) is 64.2 Å². The Kier molecular flexibility index (Phi) is 48.7. The summed E-state index contributed by atoms with van der Waals surface area (Å²) < 4.78 is 22.1. The van der Waals surface area contributed by atoms with Crippen LogP contribution >= 0.6 is 0 Å². The van der Waals surface area contributed by atoms with E-state index in [1.165, 1.54) is 89.7 Å². The number of carbonyl (C=O) groups excluding carboxylic acids is 10. The molecule has 2 aliphatic rings. The van der Waals surface area contributed by atoms with E-state index in [-0.39, 0.29) is 119 Å². The first-order valence-electron chi connectivity index (χ1n) is 38.4. The summed E-state index contributed by atoms with van der Waals surface area (Å²) in [5.41, 5.74) is 4.93. The summed E-state index contributed by atoms with van der Waals surface area (Å²) >= 11 is 0. The Bertz CT molecular complexity index is 2600. The molecular weight excluding hydrogens is 1310 g/mol. The maximum Gasteiger partial charge on any atom is 0.303 e. The largest absolute Gasteiger partial charge is 0.508 e. The van der Waals surface area contributed by atoms with Crippen molar-refractivity contribution in [2.24, 2.45) is 17.6 Å². The minimum Gasteiger partial charge on any atom is -0.508 e. The van der Waals surface area contributed by atoms with E-state index in [1.807, 2.05) is 6.92 Å². The fourth-order valence-electron chi connectivity index (χ4n) is 12.8. The summed E-state index contributed by atoms with van der Waals surface area (Å²) in [4.78, 5) is 142. The number of hydrogen-bond acceptors (Lipinski definition) is 19. The third kappa shape index (κ3) is 43.1. The van der Waals surface area contributed by atoms with E-state index in [0.29, 0.717) is 115 Å². The number of carboxylic acid groups (broad SMARTS) is 1. The van der Waals surface area contributed by atoms with Crippen LogP contribution in [-0.4, -0.2) is 208 Å². The van der Waals surface area contributed by atoms with E-state index in [9.17, 15) is 57.8 Å². The lowest BCUT2D eigenvalue weighted by atomic mass is 9.81. The number of rotatable bonds is 64. The number of phenols is 1. The lowest BCUT2D eigenvalue weighted by Gasteiger charge is -2.29. The normalized spacial score (nSPS) is 16.3. The number of aromatic hydroxyl groups is 1. The zero-order valence-corrected chi connectivity index (χ0v) is 62.3. The Hall–Kier alpha value is -6.29. The van der Waals surface area contributed by atoms with E-state index >= 15 is 0 Å². The third-order valence-electron chi connectivity index (χ3n) is 19.0. The molecule has 6 amide bonds. The van der Waals surface area contributed by atoms with Crippen LogP contribution in [-0.2, 0) is 78.1 Å². The Morgan fingerprint density at radius 1 is 0.578 bits per heavy atom. The highest BCUT2D eigenvalue weighted by Crippen LogP contribution is 2.29. The monoisotopic (exact) mass is 1440 g/mol. The molecule has 1 aliphatic carbocycles. The zero-order chi connectivity index (χ0) is 74.6. The molecule has 580 valence electrons. The number of phenolic OH excluding ortho intramolecular Hbond substituents is 1. The molecule has 0 unspecified atom stereocenters. The quantitative estimate of drug-likeness (QED) is 0.0295. The first-order chi connectivity index (χ1) is 49.1. The SMILES string of the molecule is CCCC[C@H](NCC(=O)C(C)(C)NC(=O)[C@H](Cc1ccc(O)cc1)NC(C)=O)C(=O)CN[C@@H](CCCCNC(=O)COCCOCCCC(=O)COCCOCCNC(=O)C1CCC(CNC(=O)CCCCCCCCCCCCCCCCCCC(=O)O)CC1)C(=O)CN1CCC[C@H]1C(N)=O. The predicted molar refractivity (Wildman–Crippen MR) is 390 cm³/mol. The molecule has 1 saturated heterocycles. The number of primary amides is 1. The number of ketones is 4. The van der Waals surface area contributed by atoms with Crippen molar-refractivity contribution in [3.05, 3.63) is 29.8 Å². The highest BCUT2D eigenvalue weighted by Gasteiger charge is 2.35. The van der Waals surface area contributed by atoms with Crippen LogP contribution in [0.5, 0.6) is 5.75 Å². The fraction of sp³-hybridized carbons (Fsp3) is 0.776. The van der Waals surface area contributed by atoms with Gasteiger partial charge in [0.1, 0.15) is 25.0 Å². The van der Waals surface area contributed by atoms with Gasteiger partial charge in [-0.1, -0.05) is 122 Å². The van der Waals surface area contributed by atoms with Gasteiger partial charge in [0.15, 0.2) is 23.1 Å². The molecule has 2 fully saturated rings. The smallest absolute Gasteiger partial charge is 0.303 e. The number of nitrogens with two attached hydrogens (primary N) is 1. The number of likely N-dealkylation sites (tertiary alicyclic amines) is 1. The second kappa shape index (κ2) is 55.2. The minimum atomic E-state index is -1.40. The molecule has 0 spiro atoms. The van der Waals surface area contributed by atoms with Crippen LogP contribution < -0.4 is 43.0 Å². The van der Waals surface area contributed by atoms with Crippen molar-refractivity contribution in [2.45, 2.75) is 269 Å². The lowest BCUT2D eigenvalue weighted by molar-refractivity contribution is -0.137. The van der Waals surface area contributed by atoms with Crippen molar-refractivity contribution in [1.82, 2.24) is 42.1 Å². The number of carbonyl (C=O) groups is 11. The van der Waals surface area contributed by atoms with E-state index < -0.39 is 59.2 Å².